The summed E-state index contributed by atoms with van der Waals surface area (Å²) in [5.74, 6) is 1.44. The molecular formula is C20H34O4. The van der Waals surface area contributed by atoms with E-state index in [4.69, 9.17) is 4.74 Å². The second-order valence-corrected chi connectivity index (χ2v) is 9.28. The maximum absolute atomic E-state index is 11.2. The van der Waals surface area contributed by atoms with Gasteiger partial charge >= 0.3 is 0 Å². The molecule has 2 heterocycles. The number of rotatable bonds is 1. The van der Waals surface area contributed by atoms with Gasteiger partial charge in [0, 0.05) is 12.3 Å². The molecule has 1 saturated carbocycles. The molecule has 0 aromatic carbocycles. The number of fused-ring (bicyclic) bond motifs is 5. The van der Waals surface area contributed by atoms with Crippen molar-refractivity contribution in [2.45, 2.75) is 89.3 Å². The van der Waals surface area contributed by atoms with Crippen LogP contribution in [-0.2, 0) is 4.74 Å². The summed E-state index contributed by atoms with van der Waals surface area (Å²) in [5, 5.41) is 32.3. The van der Waals surface area contributed by atoms with Gasteiger partial charge in [0.05, 0.1) is 29.5 Å². The zero-order valence-corrected chi connectivity index (χ0v) is 15.5. The second kappa shape index (κ2) is 6.08. The minimum Gasteiger partial charge on any atom is -0.390 e. The molecule has 0 amide bonds. The van der Waals surface area contributed by atoms with Gasteiger partial charge in [0.15, 0.2) is 0 Å². The zero-order chi connectivity index (χ0) is 17.9. The number of aliphatic hydroxyl groups excluding tert-OH is 1. The number of ether oxygens (including phenoxy) is 1. The lowest BCUT2D eigenvalue weighted by molar-refractivity contribution is -0.120. The van der Waals surface area contributed by atoms with Crippen LogP contribution in [-0.4, -0.2) is 44.8 Å². The molecular weight excluding hydrogens is 304 g/mol. The van der Waals surface area contributed by atoms with E-state index in [0.29, 0.717) is 31.1 Å². The fourth-order valence-corrected chi connectivity index (χ4v) is 5.48. The van der Waals surface area contributed by atoms with Gasteiger partial charge in [0.25, 0.3) is 0 Å². The van der Waals surface area contributed by atoms with E-state index in [2.05, 4.69) is 20.4 Å². The maximum atomic E-state index is 11.2. The van der Waals surface area contributed by atoms with Gasteiger partial charge in [0.1, 0.15) is 0 Å². The van der Waals surface area contributed by atoms with Crippen LogP contribution in [0.25, 0.3) is 0 Å². The van der Waals surface area contributed by atoms with Crippen molar-refractivity contribution >= 4 is 0 Å². The first kappa shape index (κ1) is 18.4. The first-order chi connectivity index (χ1) is 11.0. The van der Waals surface area contributed by atoms with Crippen LogP contribution in [0.5, 0.6) is 0 Å². The molecule has 4 heteroatoms. The Morgan fingerprint density at radius 2 is 1.83 bits per heavy atom. The molecule has 2 bridgehead atoms. The lowest BCUT2D eigenvalue weighted by Gasteiger charge is -2.44. The van der Waals surface area contributed by atoms with Crippen molar-refractivity contribution in [3.05, 3.63) is 12.2 Å². The Bertz CT molecular complexity index is 496. The first-order valence-electron chi connectivity index (χ1n) is 9.50. The van der Waals surface area contributed by atoms with E-state index in [1.807, 2.05) is 6.92 Å². The summed E-state index contributed by atoms with van der Waals surface area (Å²) in [6, 6.07) is 0. The highest BCUT2D eigenvalue weighted by Crippen LogP contribution is 2.55. The highest BCUT2D eigenvalue weighted by molar-refractivity contribution is 5.18. The fourth-order valence-electron chi connectivity index (χ4n) is 5.48. The lowest BCUT2D eigenvalue weighted by atomic mass is 9.60. The predicted molar refractivity (Wildman–Crippen MR) is 93.4 cm³/mol. The third-order valence-corrected chi connectivity index (χ3v) is 6.98. The van der Waals surface area contributed by atoms with E-state index in [1.54, 1.807) is 6.92 Å². The topological polar surface area (TPSA) is 69.9 Å². The number of hydrogen-bond acceptors (Lipinski definition) is 4. The molecule has 4 nitrogen and oxygen atoms in total. The van der Waals surface area contributed by atoms with Crippen molar-refractivity contribution in [1.29, 1.82) is 0 Å². The zero-order valence-electron chi connectivity index (χ0n) is 15.5. The Morgan fingerprint density at radius 3 is 2.46 bits per heavy atom. The van der Waals surface area contributed by atoms with Crippen LogP contribution in [0.15, 0.2) is 12.2 Å². The second-order valence-electron chi connectivity index (χ2n) is 9.28. The SMILES string of the molecule is C=C1CC[C@H](C(C)C)[C@@H]2[C@H]1[C@H]1C[C@](C)(O)[C@H](O)CC[C@@](C)(O)[C@@H]2O1. The minimum atomic E-state index is -1.20. The molecule has 24 heavy (non-hydrogen) atoms. The summed E-state index contributed by atoms with van der Waals surface area (Å²) in [4.78, 5) is 0. The summed E-state index contributed by atoms with van der Waals surface area (Å²) in [6.07, 6.45) is 2.03. The molecule has 3 N–H and O–H groups in total. The molecule has 0 aromatic heterocycles. The van der Waals surface area contributed by atoms with Crippen molar-refractivity contribution < 1.29 is 20.1 Å². The van der Waals surface area contributed by atoms with Crippen LogP contribution >= 0.6 is 0 Å². The lowest BCUT2D eigenvalue weighted by Crippen LogP contribution is -2.50. The molecule has 2 aliphatic heterocycles. The summed E-state index contributed by atoms with van der Waals surface area (Å²) in [7, 11) is 0. The average molecular weight is 338 g/mol. The summed E-state index contributed by atoms with van der Waals surface area (Å²) in [5.41, 5.74) is -1.01. The molecule has 1 aliphatic carbocycles. The number of aliphatic hydroxyl groups is 3. The maximum Gasteiger partial charge on any atom is 0.0902 e. The van der Waals surface area contributed by atoms with Crippen molar-refractivity contribution in [3.63, 3.8) is 0 Å². The van der Waals surface area contributed by atoms with Crippen LogP contribution in [0.3, 0.4) is 0 Å². The Labute approximate surface area is 145 Å². The molecule has 0 radical (unpaired) electrons. The summed E-state index contributed by atoms with van der Waals surface area (Å²) in [6.45, 7) is 12.3. The number of hydrogen-bond donors (Lipinski definition) is 3. The van der Waals surface area contributed by atoms with Gasteiger partial charge in [-0.15, -0.1) is 0 Å². The molecule has 8 atom stereocenters. The third-order valence-electron chi connectivity index (χ3n) is 6.98. The van der Waals surface area contributed by atoms with Crippen LogP contribution < -0.4 is 0 Å². The van der Waals surface area contributed by atoms with Crippen LogP contribution in [0, 0.1) is 23.7 Å². The molecule has 0 aromatic rings. The van der Waals surface area contributed by atoms with E-state index < -0.39 is 17.3 Å². The highest BCUT2D eigenvalue weighted by atomic mass is 16.5. The molecule has 3 aliphatic rings. The van der Waals surface area contributed by atoms with E-state index in [1.165, 1.54) is 5.57 Å². The van der Waals surface area contributed by atoms with E-state index >= 15 is 0 Å². The molecule has 3 rings (SSSR count). The van der Waals surface area contributed by atoms with E-state index in [-0.39, 0.29) is 24.0 Å². The van der Waals surface area contributed by atoms with Crippen molar-refractivity contribution in [2.75, 3.05) is 0 Å². The Hall–Kier alpha value is -0.420. The van der Waals surface area contributed by atoms with Gasteiger partial charge in [-0.2, -0.15) is 0 Å². The van der Waals surface area contributed by atoms with Gasteiger partial charge in [0.2, 0.25) is 0 Å². The summed E-state index contributed by atoms with van der Waals surface area (Å²) >= 11 is 0. The van der Waals surface area contributed by atoms with Crippen molar-refractivity contribution in [1.82, 2.24) is 0 Å². The van der Waals surface area contributed by atoms with Gasteiger partial charge in [-0.1, -0.05) is 26.0 Å². The predicted octanol–water partition coefficient (Wildman–Crippen LogP) is 2.66. The highest BCUT2D eigenvalue weighted by Gasteiger charge is 2.58. The van der Waals surface area contributed by atoms with Crippen LogP contribution in [0.2, 0.25) is 0 Å². The smallest absolute Gasteiger partial charge is 0.0902 e. The first-order valence-corrected chi connectivity index (χ1v) is 9.50. The summed E-state index contributed by atoms with van der Waals surface area (Å²) < 4.78 is 6.40. The Morgan fingerprint density at radius 1 is 1.17 bits per heavy atom. The van der Waals surface area contributed by atoms with Gasteiger partial charge in [-0.05, 0) is 57.3 Å². The van der Waals surface area contributed by atoms with Crippen LogP contribution in [0.1, 0.15) is 59.8 Å². The van der Waals surface area contributed by atoms with Crippen molar-refractivity contribution in [2.24, 2.45) is 23.7 Å². The van der Waals surface area contributed by atoms with Gasteiger partial charge in [-0.3, -0.25) is 0 Å². The minimum absolute atomic E-state index is 0.166. The molecule has 0 spiro atoms. The van der Waals surface area contributed by atoms with Crippen molar-refractivity contribution in [3.8, 4) is 0 Å². The fraction of sp³-hybridized carbons (Fsp3) is 0.900. The Kier molecular flexibility index (Phi) is 4.66. The van der Waals surface area contributed by atoms with Gasteiger partial charge < -0.3 is 20.1 Å². The molecule has 138 valence electrons. The van der Waals surface area contributed by atoms with Crippen LogP contribution in [0.4, 0.5) is 0 Å². The standard InChI is InChI=1S/C20H34O4/c1-11(2)13-7-6-12(3)16-14-10-20(5,23)15(21)8-9-19(4,22)18(24-14)17(13)16/h11,13-18,21-23H,3,6-10H2,1-2,4-5H3/t13-,14-,15-,16-,17-,18-,19-,20+/m1/s1. The molecule has 2 saturated heterocycles. The largest absolute Gasteiger partial charge is 0.390 e. The quantitative estimate of drug-likeness (QED) is 0.643. The van der Waals surface area contributed by atoms with Gasteiger partial charge in [-0.25, -0.2) is 0 Å². The van der Waals surface area contributed by atoms with E-state index in [0.717, 1.165) is 12.8 Å². The molecule has 0 unspecified atom stereocenters. The Balaban J connectivity index is 2.02. The average Bonchev–Trinajstić information content (AvgIpc) is 2.85. The molecule has 3 fully saturated rings. The third kappa shape index (κ3) is 2.96. The van der Waals surface area contributed by atoms with E-state index in [9.17, 15) is 15.3 Å². The monoisotopic (exact) mass is 338 g/mol. The normalized spacial score (nSPS) is 52.6.